The second-order valence-electron chi connectivity index (χ2n) is 4.06. The van der Waals surface area contributed by atoms with Gasteiger partial charge >= 0.3 is 0 Å². The number of fused-ring (bicyclic) bond motifs is 2. The average Bonchev–Trinajstić information content (AvgIpc) is 2.94. The summed E-state index contributed by atoms with van der Waals surface area (Å²) in [6.07, 6.45) is 5.14. The number of aromatic nitrogens is 4. The van der Waals surface area contributed by atoms with Crippen LogP contribution in [0.4, 0.5) is 5.00 Å². The largest absolute Gasteiger partial charge is 0.390 e. The van der Waals surface area contributed by atoms with E-state index in [1.165, 1.54) is 16.9 Å². The van der Waals surface area contributed by atoms with Crippen molar-refractivity contribution in [1.29, 1.82) is 0 Å². The van der Waals surface area contributed by atoms with Gasteiger partial charge in [0.15, 0.2) is 5.01 Å². The van der Waals surface area contributed by atoms with E-state index in [2.05, 4.69) is 15.3 Å². The number of nitrogens with two attached hydrogens (primary N) is 1. The van der Waals surface area contributed by atoms with Crippen LogP contribution in [0, 0.1) is 0 Å². The average molecular weight is 263 g/mol. The number of hydrogen-bond donors (Lipinski definition) is 1. The van der Waals surface area contributed by atoms with Crippen LogP contribution in [0.25, 0.3) is 15.5 Å². The van der Waals surface area contributed by atoms with Gasteiger partial charge in [-0.2, -0.15) is 9.61 Å². The van der Waals surface area contributed by atoms with Crippen molar-refractivity contribution in [3.63, 3.8) is 0 Å². The standard InChI is InChI=1S/C10H9N5S2/c11-8-7(5-2-1-3-6(5)16-8)9-14-15-4-12-13-10(15)17-9/h4H,1-3,11H2. The van der Waals surface area contributed by atoms with Crippen molar-refractivity contribution >= 4 is 32.6 Å². The molecule has 0 spiro atoms. The summed E-state index contributed by atoms with van der Waals surface area (Å²) in [5.74, 6) is 0. The van der Waals surface area contributed by atoms with Gasteiger partial charge < -0.3 is 5.73 Å². The second-order valence-corrected chi connectivity index (χ2v) is 6.15. The minimum Gasteiger partial charge on any atom is -0.390 e. The topological polar surface area (TPSA) is 69.1 Å². The number of nitrogens with zero attached hydrogens (tertiary/aromatic N) is 4. The first-order chi connectivity index (χ1) is 8.33. The maximum absolute atomic E-state index is 6.11. The Kier molecular flexibility index (Phi) is 1.84. The zero-order valence-electron chi connectivity index (χ0n) is 8.88. The van der Waals surface area contributed by atoms with Crippen molar-refractivity contribution in [2.75, 3.05) is 5.73 Å². The predicted octanol–water partition coefficient (Wildman–Crippen LogP) is 1.99. The normalized spacial score (nSPS) is 14.6. The molecule has 0 fully saturated rings. The molecule has 0 amide bonds. The molecular weight excluding hydrogens is 254 g/mol. The van der Waals surface area contributed by atoms with Crippen molar-refractivity contribution in [3.05, 3.63) is 16.8 Å². The summed E-state index contributed by atoms with van der Waals surface area (Å²) in [6.45, 7) is 0. The molecular formula is C10H9N5S2. The van der Waals surface area contributed by atoms with Crippen LogP contribution >= 0.6 is 22.7 Å². The summed E-state index contributed by atoms with van der Waals surface area (Å²) in [7, 11) is 0. The monoisotopic (exact) mass is 263 g/mol. The molecule has 3 heterocycles. The van der Waals surface area contributed by atoms with Gasteiger partial charge in [0.2, 0.25) is 4.96 Å². The lowest BCUT2D eigenvalue weighted by molar-refractivity contribution is 0.914. The Morgan fingerprint density at radius 1 is 1.29 bits per heavy atom. The molecule has 0 bridgehead atoms. The number of hydrogen-bond acceptors (Lipinski definition) is 6. The molecule has 0 radical (unpaired) electrons. The Hall–Kier alpha value is -1.47. The first-order valence-corrected chi connectivity index (χ1v) is 7.03. The summed E-state index contributed by atoms with van der Waals surface area (Å²) >= 11 is 3.26. The number of nitrogen functional groups attached to an aromatic ring is 1. The lowest BCUT2D eigenvalue weighted by atomic mass is 10.1. The summed E-state index contributed by atoms with van der Waals surface area (Å²) in [4.78, 5) is 2.25. The fraction of sp³-hybridized carbons (Fsp3) is 0.300. The van der Waals surface area contributed by atoms with Gasteiger partial charge in [-0.15, -0.1) is 21.5 Å². The molecule has 0 unspecified atom stereocenters. The van der Waals surface area contributed by atoms with Gasteiger partial charge in [-0.25, -0.2) is 0 Å². The van der Waals surface area contributed by atoms with Crippen LogP contribution in [0.5, 0.6) is 0 Å². The molecule has 0 saturated heterocycles. The van der Waals surface area contributed by atoms with Crippen LogP contribution in [0.2, 0.25) is 0 Å². The number of thiophene rings is 1. The lowest BCUT2D eigenvalue weighted by Gasteiger charge is -1.97. The zero-order valence-corrected chi connectivity index (χ0v) is 10.5. The Labute approximate surface area is 105 Å². The number of anilines is 1. The number of aryl methyl sites for hydroxylation is 1. The van der Waals surface area contributed by atoms with Crippen molar-refractivity contribution in [2.24, 2.45) is 0 Å². The third-order valence-electron chi connectivity index (χ3n) is 3.05. The van der Waals surface area contributed by atoms with Gasteiger partial charge in [0.05, 0.1) is 10.6 Å². The maximum atomic E-state index is 6.11. The van der Waals surface area contributed by atoms with Crippen molar-refractivity contribution in [2.45, 2.75) is 19.3 Å². The summed E-state index contributed by atoms with van der Waals surface area (Å²) in [5.41, 5.74) is 8.65. The van der Waals surface area contributed by atoms with Gasteiger partial charge in [-0.05, 0) is 24.8 Å². The first kappa shape index (κ1) is 9.55. The van der Waals surface area contributed by atoms with Crippen LogP contribution in [-0.2, 0) is 12.8 Å². The SMILES string of the molecule is Nc1sc2c(c1-c1nn3cnnc3s1)CCC2. The second kappa shape index (κ2) is 3.27. The van der Waals surface area contributed by atoms with E-state index in [0.29, 0.717) is 0 Å². The molecule has 7 heteroatoms. The first-order valence-electron chi connectivity index (χ1n) is 5.40. The van der Waals surface area contributed by atoms with Crippen LogP contribution in [0.1, 0.15) is 16.9 Å². The van der Waals surface area contributed by atoms with E-state index >= 15 is 0 Å². The van der Waals surface area contributed by atoms with Crippen LogP contribution in [-0.4, -0.2) is 19.8 Å². The van der Waals surface area contributed by atoms with E-state index in [1.54, 1.807) is 33.5 Å². The van der Waals surface area contributed by atoms with E-state index in [0.717, 1.165) is 33.4 Å². The Morgan fingerprint density at radius 2 is 2.24 bits per heavy atom. The quantitative estimate of drug-likeness (QED) is 0.729. The Balaban J connectivity index is 1.97. The highest BCUT2D eigenvalue weighted by Crippen LogP contribution is 2.44. The van der Waals surface area contributed by atoms with E-state index in [9.17, 15) is 0 Å². The summed E-state index contributed by atoms with van der Waals surface area (Å²) in [5, 5.41) is 14.2. The Bertz CT molecular complexity index is 679. The minimum absolute atomic E-state index is 0.817. The fourth-order valence-electron chi connectivity index (χ4n) is 2.32. The molecule has 0 aromatic carbocycles. The zero-order chi connectivity index (χ0) is 11.4. The molecule has 4 rings (SSSR count). The van der Waals surface area contributed by atoms with Gasteiger partial charge in [0, 0.05) is 4.88 Å². The predicted molar refractivity (Wildman–Crippen MR) is 68.4 cm³/mol. The summed E-state index contributed by atoms with van der Waals surface area (Å²) < 4.78 is 1.71. The summed E-state index contributed by atoms with van der Waals surface area (Å²) in [6, 6.07) is 0. The molecule has 86 valence electrons. The molecule has 0 atom stereocenters. The molecule has 1 aliphatic rings. The van der Waals surface area contributed by atoms with Gasteiger partial charge in [-0.1, -0.05) is 11.3 Å². The molecule has 3 aromatic rings. The minimum atomic E-state index is 0.817. The maximum Gasteiger partial charge on any atom is 0.234 e. The van der Waals surface area contributed by atoms with E-state index < -0.39 is 0 Å². The molecule has 3 aromatic heterocycles. The Morgan fingerprint density at radius 3 is 3.12 bits per heavy atom. The molecule has 2 N–H and O–H groups in total. The van der Waals surface area contributed by atoms with Crippen LogP contribution < -0.4 is 5.73 Å². The highest BCUT2D eigenvalue weighted by Gasteiger charge is 2.24. The smallest absolute Gasteiger partial charge is 0.234 e. The van der Waals surface area contributed by atoms with Crippen molar-refractivity contribution in [1.82, 2.24) is 19.8 Å². The lowest BCUT2D eigenvalue weighted by Crippen LogP contribution is -1.89. The third kappa shape index (κ3) is 1.26. The van der Waals surface area contributed by atoms with Crippen LogP contribution in [0.3, 0.4) is 0 Å². The fourth-order valence-corrected chi connectivity index (χ4v) is 4.45. The molecule has 0 saturated carbocycles. The van der Waals surface area contributed by atoms with Gasteiger partial charge in [0.1, 0.15) is 6.33 Å². The van der Waals surface area contributed by atoms with Crippen molar-refractivity contribution < 1.29 is 0 Å². The van der Waals surface area contributed by atoms with E-state index in [1.807, 2.05) is 0 Å². The van der Waals surface area contributed by atoms with Crippen molar-refractivity contribution in [3.8, 4) is 10.6 Å². The highest BCUT2D eigenvalue weighted by molar-refractivity contribution is 7.21. The van der Waals surface area contributed by atoms with Gasteiger partial charge in [-0.3, -0.25) is 0 Å². The highest BCUT2D eigenvalue weighted by atomic mass is 32.1. The van der Waals surface area contributed by atoms with Crippen LogP contribution in [0.15, 0.2) is 6.33 Å². The molecule has 0 aliphatic heterocycles. The van der Waals surface area contributed by atoms with Gasteiger partial charge in [0.25, 0.3) is 0 Å². The van der Waals surface area contributed by atoms with E-state index in [4.69, 9.17) is 5.73 Å². The number of rotatable bonds is 1. The molecule has 1 aliphatic carbocycles. The van der Waals surface area contributed by atoms with E-state index in [-0.39, 0.29) is 0 Å². The molecule has 17 heavy (non-hydrogen) atoms. The third-order valence-corrected chi connectivity index (χ3v) is 5.10. The molecule has 5 nitrogen and oxygen atoms in total.